The molecule has 15 heavy (non-hydrogen) atoms. The largest absolute Gasteiger partial charge is 0.313 e. The Labute approximate surface area is 104 Å². The summed E-state index contributed by atoms with van der Waals surface area (Å²) in [5.74, 6) is 0. The lowest BCUT2D eigenvalue weighted by Gasteiger charge is -2.16. The van der Waals surface area contributed by atoms with Gasteiger partial charge in [0.05, 0.1) is 0 Å². The van der Waals surface area contributed by atoms with E-state index in [-0.39, 0.29) is 0 Å². The summed E-state index contributed by atoms with van der Waals surface area (Å²) in [5.41, 5.74) is 0. The molecule has 1 saturated carbocycles. The molecule has 0 amide bonds. The maximum absolute atomic E-state index is 3.56. The van der Waals surface area contributed by atoms with Crippen molar-refractivity contribution in [2.75, 3.05) is 20.1 Å². The third kappa shape index (κ3) is 3.87. The Hall–Kier alpha value is 0.100. The lowest BCUT2D eigenvalue weighted by molar-refractivity contribution is 0.326. The topological polar surface area (TPSA) is 15.3 Å². The number of nitrogens with zero attached hydrogens (tertiary/aromatic N) is 1. The molecule has 1 heterocycles. The van der Waals surface area contributed by atoms with Gasteiger partial charge in [-0.2, -0.15) is 0 Å². The van der Waals surface area contributed by atoms with Crippen LogP contribution in [0.1, 0.15) is 17.7 Å². The van der Waals surface area contributed by atoms with Crippen LogP contribution in [0.2, 0.25) is 0 Å². The quantitative estimate of drug-likeness (QED) is 0.866. The van der Waals surface area contributed by atoms with Crippen LogP contribution in [0.3, 0.4) is 0 Å². The van der Waals surface area contributed by atoms with Crippen molar-refractivity contribution >= 4 is 27.3 Å². The lowest BCUT2D eigenvalue weighted by atomic mass is 10.4. The summed E-state index contributed by atoms with van der Waals surface area (Å²) in [4.78, 5) is 3.79. The Morgan fingerprint density at radius 1 is 1.60 bits per heavy atom. The van der Waals surface area contributed by atoms with Crippen LogP contribution in [0.5, 0.6) is 0 Å². The second-order valence-electron chi connectivity index (χ2n) is 4.16. The zero-order valence-corrected chi connectivity index (χ0v) is 11.4. The van der Waals surface area contributed by atoms with E-state index in [0.717, 1.165) is 25.7 Å². The molecular formula is C11H17BrN2S. The van der Waals surface area contributed by atoms with Crippen molar-refractivity contribution in [1.29, 1.82) is 0 Å². The maximum atomic E-state index is 3.56. The number of nitrogens with one attached hydrogen (secondary N) is 1. The van der Waals surface area contributed by atoms with Gasteiger partial charge >= 0.3 is 0 Å². The highest BCUT2D eigenvalue weighted by atomic mass is 79.9. The van der Waals surface area contributed by atoms with Gasteiger partial charge in [-0.05, 0) is 47.3 Å². The number of likely N-dealkylation sites (N-methyl/N-ethyl adjacent to an activating group) is 1. The predicted octanol–water partition coefficient (Wildman–Crippen LogP) is 2.69. The van der Waals surface area contributed by atoms with Crippen LogP contribution in [0.25, 0.3) is 0 Å². The van der Waals surface area contributed by atoms with Crippen molar-refractivity contribution in [2.24, 2.45) is 0 Å². The van der Waals surface area contributed by atoms with Crippen LogP contribution in [-0.2, 0) is 6.54 Å². The Bertz CT molecular complexity index is 309. The van der Waals surface area contributed by atoms with E-state index >= 15 is 0 Å². The Balaban J connectivity index is 1.67. The van der Waals surface area contributed by atoms with E-state index in [1.165, 1.54) is 22.2 Å². The molecule has 1 aromatic rings. The molecule has 1 fully saturated rings. The standard InChI is InChI=1S/C11H17BrN2S/c1-14(6-5-13-9-2-3-9)8-11-10(12)4-7-15-11/h4,7,9,13H,2-3,5-6,8H2,1H3. The summed E-state index contributed by atoms with van der Waals surface area (Å²) in [6.45, 7) is 3.29. The van der Waals surface area contributed by atoms with E-state index in [9.17, 15) is 0 Å². The molecule has 84 valence electrons. The first kappa shape index (κ1) is 11.6. The molecule has 0 radical (unpaired) electrons. The van der Waals surface area contributed by atoms with Gasteiger partial charge in [-0.15, -0.1) is 11.3 Å². The molecule has 0 saturated heterocycles. The van der Waals surface area contributed by atoms with Crippen LogP contribution >= 0.6 is 27.3 Å². The fraction of sp³-hybridized carbons (Fsp3) is 0.636. The minimum Gasteiger partial charge on any atom is -0.313 e. The molecule has 0 aliphatic heterocycles. The number of rotatable bonds is 6. The highest BCUT2D eigenvalue weighted by Gasteiger charge is 2.19. The number of hydrogen-bond donors (Lipinski definition) is 1. The van der Waals surface area contributed by atoms with Crippen LogP contribution in [-0.4, -0.2) is 31.1 Å². The molecule has 2 nitrogen and oxygen atoms in total. The Morgan fingerprint density at radius 2 is 2.40 bits per heavy atom. The average Bonchev–Trinajstić information content (AvgIpc) is 2.93. The van der Waals surface area contributed by atoms with Gasteiger partial charge < -0.3 is 5.32 Å². The SMILES string of the molecule is CN(CCNC1CC1)Cc1sccc1Br. The van der Waals surface area contributed by atoms with Crippen LogP contribution in [0.4, 0.5) is 0 Å². The highest BCUT2D eigenvalue weighted by Crippen LogP contribution is 2.23. The van der Waals surface area contributed by atoms with Crippen molar-refractivity contribution in [3.05, 3.63) is 20.8 Å². The van der Waals surface area contributed by atoms with Crippen molar-refractivity contribution < 1.29 is 0 Å². The average molecular weight is 289 g/mol. The van der Waals surface area contributed by atoms with E-state index in [4.69, 9.17) is 0 Å². The number of thiophene rings is 1. The molecular weight excluding hydrogens is 272 g/mol. The second kappa shape index (κ2) is 5.43. The summed E-state index contributed by atoms with van der Waals surface area (Å²) in [6.07, 6.45) is 2.75. The van der Waals surface area contributed by atoms with E-state index in [2.05, 4.69) is 44.6 Å². The van der Waals surface area contributed by atoms with Crippen LogP contribution in [0, 0.1) is 0 Å². The van der Waals surface area contributed by atoms with Gasteiger partial charge in [-0.1, -0.05) is 0 Å². The van der Waals surface area contributed by atoms with Gasteiger partial charge in [0.25, 0.3) is 0 Å². The fourth-order valence-electron chi connectivity index (χ4n) is 1.51. The molecule has 4 heteroatoms. The van der Waals surface area contributed by atoms with Crippen molar-refractivity contribution in [3.63, 3.8) is 0 Å². The molecule has 0 aromatic carbocycles. The smallest absolute Gasteiger partial charge is 0.0336 e. The van der Waals surface area contributed by atoms with E-state index < -0.39 is 0 Å². The maximum Gasteiger partial charge on any atom is 0.0336 e. The normalized spacial score (nSPS) is 16.2. The summed E-state index contributed by atoms with van der Waals surface area (Å²) in [5, 5.41) is 5.67. The summed E-state index contributed by atoms with van der Waals surface area (Å²) >= 11 is 5.39. The Morgan fingerprint density at radius 3 is 3.00 bits per heavy atom. The summed E-state index contributed by atoms with van der Waals surface area (Å²) in [7, 11) is 2.18. The molecule has 1 aliphatic rings. The van der Waals surface area contributed by atoms with Crippen LogP contribution < -0.4 is 5.32 Å². The molecule has 0 spiro atoms. The number of halogens is 1. The second-order valence-corrected chi connectivity index (χ2v) is 6.01. The van der Waals surface area contributed by atoms with E-state index in [1.54, 1.807) is 0 Å². The minimum atomic E-state index is 0.826. The third-order valence-electron chi connectivity index (χ3n) is 2.61. The predicted molar refractivity (Wildman–Crippen MR) is 69.4 cm³/mol. The van der Waals surface area contributed by atoms with E-state index in [1.807, 2.05) is 11.3 Å². The zero-order chi connectivity index (χ0) is 10.7. The third-order valence-corrected chi connectivity index (χ3v) is 4.52. The first-order valence-corrected chi connectivity index (χ1v) is 7.07. The molecule has 1 N–H and O–H groups in total. The van der Waals surface area contributed by atoms with Gasteiger partial charge in [0.2, 0.25) is 0 Å². The molecule has 1 aromatic heterocycles. The highest BCUT2D eigenvalue weighted by molar-refractivity contribution is 9.10. The molecule has 1 aliphatic carbocycles. The first-order valence-electron chi connectivity index (χ1n) is 5.39. The van der Waals surface area contributed by atoms with Gasteiger partial charge in [0.15, 0.2) is 0 Å². The summed E-state index contributed by atoms with van der Waals surface area (Å²) < 4.78 is 1.24. The lowest BCUT2D eigenvalue weighted by Crippen LogP contribution is -2.29. The minimum absolute atomic E-state index is 0.826. The van der Waals surface area contributed by atoms with E-state index in [0.29, 0.717) is 0 Å². The Kier molecular flexibility index (Phi) is 4.20. The van der Waals surface area contributed by atoms with Gasteiger partial charge in [0, 0.05) is 35.0 Å². The van der Waals surface area contributed by atoms with Gasteiger partial charge in [-0.25, -0.2) is 0 Å². The molecule has 2 rings (SSSR count). The first-order chi connectivity index (χ1) is 7.25. The molecule has 0 bridgehead atoms. The fourth-order valence-corrected chi connectivity index (χ4v) is 3.07. The van der Waals surface area contributed by atoms with Crippen molar-refractivity contribution in [2.45, 2.75) is 25.4 Å². The van der Waals surface area contributed by atoms with Crippen molar-refractivity contribution in [1.82, 2.24) is 10.2 Å². The zero-order valence-electron chi connectivity index (χ0n) is 9.00. The van der Waals surface area contributed by atoms with Gasteiger partial charge in [0.1, 0.15) is 0 Å². The molecule has 0 unspecified atom stereocenters. The van der Waals surface area contributed by atoms with Crippen molar-refractivity contribution in [3.8, 4) is 0 Å². The molecule has 0 atom stereocenters. The summed E-state index contributed by atoms with van der Waals surface area (Å²) in [6, 6.07) is 2.95. The monoisotopic (exact) mass is 288 g/mol. The van der Waals surface area contributed by atoms with Gasteiger partial charge in [-0.3, -0.25) is 4.90 Å². The number of hydrogen-bond acceptors (Lipinski definition) is 3. The van der Waals surface area contributed by atoms with Crippen LogP contribution in [0.15, 0.2) is 15.9 Å².